The number of aromatic nitrogens is 2. The van der Waals surface area contributed by atoms with E-state index in [2.05, 4.69) is 21.8 Å². The van der Waals surface area contributed by atoms with Crippen molar-refractivity contribution in [2.45, 2.75) is 57.7 Å². The fraction of sp³-hybridized carbons (Fsp3) is 0.750. The average molecular weight is 290 g/mol. The first-order chi connectivity index (χ1) is 10.3. The Hall–Kier alpha value is -1.36. The molecule has 1 aromatic rings. The van der Waals surface area contributed by atoms with Crippen LogP contribution in [0, 0.1) is 0 Å². The molecular weight excluding hydrogens is 264 g/mol. The van der Waals surface area contributed by atoms with E-state index >= 15 is 0 Å². The zero-order valence-corrected chi connectivity index (χ0v) is 12.9. The zero-order chi connectivity index (χ0) is 14.7. The third-order valence-corrected chi connectivity index (χ3v) is 4.78. The van der Waals surface area contributed by atoms with Crippen molar-refractivity contribution in [2.24, 2.45) is 0 Å². The van der Waals surface area contributed by atoms with Gasteiger partial charge in [-0.25, -0.2) is 0 Å². The van der Waals surface area contributed by atoms with Crippen LogP contribution in [0.4, 0.5) is 0 Å². The summed E-state index contributed by atoms with van der Waals surface area (Å²) in [6.07, 6.45) is 9.34. The molecule has 0 aromatic carbocycles. The predicted octanol–water partition coefficient (Wildman–Crippen LogP) is 1.75. The first-order valence-corrected chi connectivity index (χ1v) is 8.31. The highest BCUT2D eigenvalue weighted by Crippen LogP contribution is 2.25. The van der Waals surface area contributed by atoms with Gasteiger partial charge >= 0.3 is 0 Å². The molecule has 2 aliphatic heterocycles. The molecular formula is C16H26N4O. The van der Waals surface area contributed by atoms with Crippen molar-refractivity contribution in [1.82, 2.24) is 19.6 Å². The molecule has 2 aliphatic rings. The normalized spacial score (nSPS) is 26.6. The second kappa shape index (κ2) is 6.60. The number of likely N-dealkylation sites (tertiary alicyclic amines) is 2. The van der Waals surface area contributed by atoms with E-state index in [9.17, 15) is 4.79 Å². The van der Waals surface area contributed by atoms with Crippen LogP contribution in [0.25, 0.3) is 0 Å². The van der Waals surface area contributed by atoms with Crippen molar-refractivity contribution in [3.63, 3.8) is 0 Å². The summed E-state index contributed by atoms with van der Waals surface area (Å²) < 4.78 is 1.95. The van der Waals surface area contributed by atoms with Gasteiger partial charge < -0.3 is 4.90 Å². The first kappa shape index (κ1) is 14.6. The fourth-order valence-corrected chi connectivity index (χ4v) is 3.79. The number of carbonyl (C=O) groups is 1. The minimum absolute atomic E-state index is 0.128. The predicted molar refractivity (Wildman–Crippen MR) is 81.8 cm³/mol. The third-order valence-electron chi connectivity index (χ3n) is 4.78. The van der Waals surface area contributed by atoms with Crippen molar-refractivity contribution in [3.05, 3.63) is 18.5 Å². The zero-order valence-electron chi connectivity index (χ0n) is 12.9. The minimum Gasteiger partial charge on any atom is -0.336 e. The van der Waals surface area contributed by atoms with Crippen LogP contribution in [-0.4, -0.2) is 57.2 Å². The van der Waals surface area contributed by atoms with Crippen molar-refractivity contribution in [2.75, 3.05) is 19.6 Å². The van der Waals surface area contributed by atoms with E-state index in [-0.39, 0.29) is 6.04 Å². The first-order valence-electron chi connectivity index (χ1n) is 8.31. The molecule has 0 N–H and O–H groups in total. The molecule has 0 spiro atoms. The topological polar surface area (TPSA) is 41.4 Å². The summed E-state index contributed by atoms with van der Waals surface area (Å²) in [5, 5.41) is 4.28. The van der Waals surface area contributed by atoms with Crippen molar-refractivity contribution < 1.29 is 4.79 Å². The molecule has 3 heterocycles. The lowest BCUT2D eigenvalue weighted by Gasteiger charge is -2.31. The number of amides is 1. The Kier molecular flexibility index (Phi) is 4.58. The van der Waals surface area contributed by atoms with E-state index in [0.717, 1.165) is 58.3 Å². The fourth-order valence-electron chi connectivity index (χ4n) is 3.79. The molecule has 0 bridgehead atoms. The van der Waals surface area contributed by atoms with Crippen LogP contribution in [0.2, 0.25) is 0 Å². The summed E-state index contributed by atoms with van der Waals surface area (Å²) in [5.74, 6) is 0.357. The Labute approximate surface area is 126 Å². The number of rotatable bonds is 5. The van der Waals surface area contributed by atoms with Gasteiger partial charge in [-0.2, -0.15) is 5.10 Å². The van der Waals surface area contributed by atoms with Crippen LogP contribution in [-0.2, 0) is 11.3 Å². The summed E-state index contributed by atoms with van der Waals surface area (Å²) in [7, 11) is 0. The minimum atomic E-state index is 0.128. The maximum Gasteiger partial charge on any atom is 0.240 e. The molecule has 0 aliphatic carbocycles. The lowest BCUT2D eigenvalue weighted by atomic mass is 10.1. The van der Waals surface area contributed by atoms with Gasteiger partial charge in [0.05, 0.1) is 18.6 Å². The summed E-state index contributed by atoms with van der Waals surface area (Å²) in [6.45, 7) is 6.08. The van der Waals surface area contributed by atoms with Crippen molar-refractivity contribution in [3.8, 4) is 0 Å². The smallest absolute Gasteiger partial charge is 0.240 e. The Bertz CT molecular complexity index is 459. The van der Waals surface area contributed by atoms with Gasteiger partial charge in [0.1, 0.15) is 0 Å². The second-order valence-electron chi connectivity index (χ2n) is 6.25. The largest absolute Gasteiger partial charge is 0.336 e. The van der Waals surface area contributed by atoms with Crippen LogP contribution in [0.15, 0.2) is 18.5 Å². The van der Waals surface area contributed by atoms with E-state index in [1.807, 2.05) is 16.9 Å². The molecule has 1 amide bonds. The second-order valence-corrected chi connectivity index (χ2v) is 6.25. The average Bonchev–Trinajstić information content (AvgIpc) is 3.20. The molecule has 116 valence electrons. The maximum atomic E-state index is 12.9. The van der Waals surface area contributed by atoms with Crippen molar-refractivity contribution >= 4 is 5.91 Å². The molecule has 1 aromatic heterocycles. The number of carbonyl (C=O) groups excluding carboxylic acids is 1. The van der Waals surface area contributed by atoms with Crippen molar-refractivity contribution in [1.29, 1.82) is 0 Å². The van der Waals surface area contributed by atoms with Gasteiger partial charge in [0.2, 0.25) is 5.91 Å². The highest BCUT2D eigenvalue weighted by Gasteiger charge is 2.37. The van der Waals surface area contributed by atoms with Gasteiger partial charge in [-0.1, -0.05) is 6.92 Å². The molecule has 0 unspecified atom stereocenters. The molecule has 21 heavy (non-hydrogen) atoms. The molecule has 5 heteroatoms. The van der Waals surface area contributed by atoms with E-state index < -0.39 is 0 Å². The van der Waals surface area contributed by atoms with Crippen LogP contribution in [0.3, 0.4) is 0 Å². The van der Waals surface area contributed by atoms with Gasteiger partial charge in [-0.05, 0) is 51.3 Å². The molecule has 2 atom stereocenters. The van der Waals surface area contributed by atoms with Crippen LogP contribution in [0.5, 0.6) is 0 Å². The molecule has 0 radical (unpaired) electrons. The molecule has 3 rings (SSSR count). The Balaban J connectivity index is 1.65. The number of hydrogen-bond acceptors (Lipinski definition) is 3. The van der Waals surface area contributed by atoms with Gasteiger partial charge in [0.15, 0.2) is 0 Å². The lowest BCUT2D eigenvalue weighted by molar-refractivity contribution is -0.137. The monoisotopic (exact) mass is 290 g/mol. The summed E-state index contributed by atoms with van der Waals surface area (Å²) >= 11 is 0. The standard InChI is InChI=1S/C16H26N4O/c1-2-9-18-10-4-7-15(18)16(21)20-12-3-6-14(20)13-19-11-5-8-17-19/h5,8,11,14-15H,2-4,6-7,9-10,12-13H2,1H3/t14-,15+/m1/s1. The summed E-state index contributed by atoms with van der Waals surface area (Å²) in [5.41, 5.74) is 0. The summed E-state index contributed by atoms with van der Waals surface area (Å²) in [6, 6.07) is 2.39. The Morgan fingerprint density at radius 1 is 1.29 bits per heavy atom. The van der Waals surface area contributed by atoms with Gasteiger partial charge in [-0.15, -0.1) is 0 Å². The quantitative estimate of drug-likeness (QED) is 0.829. The van der Waals surface area contributed by atoms with Gasteiger partial charge in [0, 0.05) is 18.9 Å². The van der Waals surface area contributed by atoms with E-state index in [4.69, 9.17) is 0 Å². The highest BCUT2D eigenvalue weighted by atomic mass is 16.2. The Morgan fingerprint density at radius 3 is 2.90 bits per heavy atom. The molecule has 0 saturated carbocycles. The molecule has 2 fully saturated rings. The van der Waals surface area contributed by atoms with E-state index in [1.54, 1.807) is 6.20 Å². The lowest BCUT2D eigenvalue weighted by Crippen LogP contribution is -2.48. The number of hydrogen-bond donors (Lipinski definition) is 0. The highest BCUT2D eigenvalue weighted by molar-refractivity contribution is 5.82. The molecule has 5 nitrogen and oxygen atoms in total. The molecule has 2 saturated heterocycles. The maximum absolute atomic E-state index is 12.9. The number of nitrogens with zero attached hydrogens (tertiary/aromatic N) is 4. The van der Waals surface area contributed by atoms with Crippen LogP contribution < -0.4 is 0 Å². The van der Waals surface area contributed by atoms with E-state index in [0.29, 0.717) is 11.9 Å². The van der Waals surface area contributed by atoms with Crippen LogP contribution in [0.1, 0.15) is 39.0 Å². The van der Waals surface area contributed by atoms with Crippen LogP contribution >= 0.6 is 0 Å². The Morgan fingerprint density at radius 2 is 2.14 bits per heavy atom. The SMILES string of the molecule is CCCN1CCC[C@H]1C(=O)N1CCC[C@@H]1Cn1cccn1. The summed E-state index contributed by atoms with van der Waals surface area (Å²) in [4.78, 5) is 17.4. The third kappa shape index (κ3) is 3.12. The van der Waals surface area contributed by atoms with E-state index in [1.165, 1.54) is 0 Å². The van der Waals surface area contributed by atoms with Gasteiger partial charge in [0.25, 0.3) is 0 Å². The van der Waals surface area contributed by atoms with Gasteiger partial charge in [-0.3, -0.25) is 14.4 Å².